The first kappa shape index (κ1) is 21.8. The smallest absolute Gasteiger partial charge is 0.404 e. The number of rotatable bonds is 8. The van der Waals surface area contributed by atoms with E-state index >= 15 is 0 Å². The van der Waals surface area contributed by atoms with Crippen LogP contribution in [0.1, 0.15) is 36.8 Å². The summed E-state index contributed by atoms with van der Waals surface area (Å²) in [5.41, 5.74) is 6.94. The lowest BCUT2D eigenvalue weighted by molar-refractivity contribution is 0.145. The predicted octanol–water partition coefficient (Wildman–Crippen LogP) is 4.67. The summed E-state index contributed by atoms with van der Waals surface area (Å²) in [6.07, 6.45) is 3.20. The Bertz CT molecular complexity index is 1010. The summed E-state index contributed by atoms with van der Waals surface area (Å²) in [7, 11) is 0. The summed E-state index contributed by atoms with van der Waals surface area (Å²) in [6, 6.07) is 7.21. The highest BCUT2D eigenvalue weighted by Crippen LogP contribution is 2.36. The highest BCUT2D eigenvalue weighted by atomic mass is 32.2. The van der Waals surface area contributed by atoms with Crippen LogP contribution in [0.5, 0.6) is 0 Å². The topological polar surface area (TPSA) is 83.0 Å². The number of aryl methyl sites for hydroxylation is 1. The Kier molecular flexibility index (Phi) is 7.04. The van der Waals surface area contributed by atoms with Crippen LogP contribution in [-0.2, 0) is 24.3 Å². The standard InChI is InChI=1S/C21H22F2N4O2S/c1-13(2)19-20(30-17-10-15(22)9-16(23)11-17)27(18(26-19)12-29-21(24)28)8-5-14-3-6-25-7-4-14/h3-4,6-7,9-11,13H,5,8,12H2,1-2H3,(H2,24,28). The van der Waals surface area contributed by atoms with Gasteiger partial charge in [-0.3, -0.25) is 4.98 Å². The molecule has 0 aliphatic rings. The van der Waals surface area contributed by atoms with Crippen molar-refractivity contribution >= 4 is 17.9 Å². The minimum atomic E-state index is -0.897. The fraction of sp³-hybridized carbons (Fsp3) is 0.286. The Morgan fingerprint density at radius 3 is 2.47 bits per heavy atom. The van der Waals surface area contributed by atoms with E-state index in [0.717, 1.165) is 22.3 Å². The van der Waals surface area contributed by atoms with Crippen LogP contribution < -0.4 is 5.73 Å². The SMILES string of the molecule is CC(C)c1nc(COC(N)=O)n(CCc2ccncc2)c1Sc1cc(F)cc(F)c1. The van der Waals surface area contributed by atoms with E-state index < -0.39 is 17.7 Å². The van der Waals surface area contributed by atoms with E-state index in [1.54, 1.807) is 12.4 Å². The number of imidazole rings is 1. The molecule has 30 heavy (non-hydrogen) atoms. The Hall–Kier alpha value is -2.94. The van der Waals surface area contributed by atoms with E-state index in [9.17, 15) is 13.6 Å². The van der Waals surface area contributed by atoms with Crippen LogP contribution >= 0.6 is 11.8 Å². The van der Waals surface area contributed by atoms with Crippen LogP contribution in [0.2, 0.25) is 0 Å². The zero-order valence-corrected chi connectivity index (χ0v) is 17.5. The van der Waals surface area contributed by atoms with Crippen molar-refractivity contribution in [2.45, 2.75) is 49.3 Å². The summed E-state index contributed by atoms with van der Waals surface area (Å²) in [5, 5.41) is 0.743. The Morgan fingerprint density at radius 2 is 1.87 bits per heavy atom. The molecular weight excluding hydrogens is 410 g/mol. The third kappa shape index (κ3) is 5.56. The molecular formula is C21H22F2N4O2S. The molecule has 9 heteroatoms. The van der Waals surface area contributed by atoms with E-state index in [1.165, 1.54) is 23.9 Å². The van der Waals surface area contributed by atoms with Crippen molar-refractivity contribution in [2.75, 3.05) is 0 Å². The first-order valence-corrected chi connectivity index (χ1v) is 10.2. The maximum atomic E-state index is 13.7. The summed E-state index contributed by atoms with van der Waals surface area (Å²) in [4.78, 5) is 20.2. The van der Waals surface area contributed by atoms with Crippen LogP contribution in [0.15, 0.2) is 52.6 Å². The van der Waals surface area contributed by atoms with Crippen molar-refractivity contribution in [2.24, 2.45) is 5.73 Å². The molecule has 0 atom stereocenters. The number of benzene rings is 1. The van der Waals surface area contributed by atoms with Gasteiger partial charge in [0.25, 0.3) is 0 Å². The molecule has 6 nitrogen and oxygen atoms in total. The number of ether oxygens (including phenoxy) is 1. The maximum absolute atomic E-state index is 13.7. The molecule has 1 amide bonds. The number of aromatic nitrogens is 3. The fourth-order valence-electron chi connectivity index (χ4n) is 2.95. The van der Waals surface area contributed by atoms with Gasteiger partial charge in [-0.25, -0.2) is 18.6 Å². The third-order valence-corrected chi connectivity index (χ3v) is 5.43. The molecule has 0 spiro atoms. The van der Waals surface area contributed by atoms with Gasteiger partial charge in [0.1, 0.15) is 22.5 Å². The molecule has 0 aliphatic heterocycles. The van der Waals surface area contributed by atoms with Gasteiger partial charge in [0.15, 0.2) is 6.61 Å². The summed E-state index contributed by atoms with van der Waals surface area (Å²) in [5.74, 6) is -0.737. The average molecular weight is 432 g/mol. The van der Waals surface area contributed by atoms with Crippen LogP contribution in [0.25, 0.3) is 0 Å². The van der Waals surface area contributed by atoms with Crippen molar-refractivity contribution in [3.8, 4) is 0 Å². The van der Waals surface area contributed by atoms with Gasteiger partial charge in [0.2, 0.25) is 0 Å². The Labute approximate surface area is 177 Å². The van der Waals surface area contributed by atoms with Crippen LogP contribution in [0, 0.1) is 11.6 Å². The fourth-order valence-corrected chi connectivity index (χ4v) is 4.21. The molecule has 2 N–H and O–H groups in total. The normalized spacial score (nSPS) is 11.1. The molecule has 0 saturated carbocycles. The number of nitrogens with two attached hydrogens (primary N) is 1. The number of hydrogen-bond donors (Lipinski definition) is 1. The molecule has 0 saturated heterocycles. The number of amides is 1. The molecule has 1 aromatic carbocycles. The number of hydrogen-bond acceptors (Lipinski definition) is 5. The van der Waals surface area contributed by atoms with E-state index in [-0.39, 0.29) is 12.5 Å². The Balaban J connectivity index is 2.00. The van der Waals surface area contributed by atoms with E-state index in [2.05, 4.69) is 9.97 Å². The van der Waals surface area contributed by atoms with Crippen molar-refractivity contribution < 1.29 is 18.3 Å². The zero-order valence-electron chi connectivity index (χ0n) is 16.6. The van der Waals surface area contributed by atoms with Gasteiger partial charge in [-0.1, -0.05) is 25.6 Å². The average Bonchev–Trinajstić information content (AvgIpc) is 3.02. The quantitative estimate of drug-likeness (QED) is 0.559. The van der Waals surface area contributed by atoms with Crippen molar-refractivity contribution in [1.82, 2.24) is 14.5 Å². The zero-order chi connectivity index (χ0) is 21.7. The van der Waals surface area contributed by atoms with E-state index in [4.69, 9.17) is 10.5 Å². The molecule has 2 aromatic heterocycles. The lowest BCUT2D eigenvalue weighted by Gasteiger charge is -2.13. The van der Waals surface area contributed by atoms with Gasteiger partial charge in [0, 0.05) is 29.9 Å². The van der Waals surface area contributed by atoms with Crippen molar-refractivity contribution in [3.63, 3.8) is 0 Å². The first-order valence-electron chi connectivity index (χ1n) is 9.38. The number of carbonyl (C=O) groups is 1. The van der Waals surface area contributed by atoms with Crippen LogP contribution in [0.3, 0.4) is 0 Å². The molecule has 0 aliphatic carbocycles. The van der Waals surface area contributed by atoms with Gasteiger partial charge in [-0.15, -0.1) is 0 Å². The van der Waals surface area contributed by atoms with Gasteiger partial charge < -0.3 is 15.0 Å². The molecule has 0 fully saturated rings. The summed E-state index contributed by atoms with van der Waals surface area (Å²) >= 11 is 1.22. The van der Waals surface area contributed by atoms with Crippen LogP contribution in [-0.4, -0.2) is 20.6 Å². The number of carbonyl (C=O) groups excluding carboxylic acids is 1. The van der Waals surface area contributed by atoms with Gasteiger partial charge >= 0.3 is 6.09 Å². The van der Waals surface area contributed by atoms with E-state index in [1.807, 2.05) is 30.5 Å². The third-order valence-electron chi connectivity index (χ3n) is 4.34. The first-order chi connectivity index (χ1) is 14.3. The molecule has 0 unspecified atom stereocenters. The second-order valence-electron chi connectivity index (χ2n) is 6.95. The van der Waals surface area contributed by atoms with Crippen molar-refractivity contribution in [3.05, 3.63) is 71.4 Å². The summed E-state index contributed by atoms with van der Waals surface area (Å²) in [6.45, 7) is 4.39. The highest BCUT2D eigenvalue weighted by molar-refractivity contribution is 7.99. The molecule has 158 valence electrons. The molecule has 0 bridgehead atoms. The number of pyridine rings is 1. The second kappa shape index (κ2) is 9.71. The monoisotopic (exact) mass is 432 g/mol. The molecule has 3 rings (SSSR count). The number of primary amides is 1. The minimum absolute atomic E-state index is 0.0420. The predicted molar refractivity (Wildman–Crippen MR) is 109 cm³/mol. The lowest BCUT2D eigenvalue weighted by atomic mass is 10.1. The number of nitrogens with zero attached hydrogens (tertiary/aromatic N) is 3. The van der Waals surface area contributed by atoms with Gasteiger partial charge in [0.05, 0.1) is 5.69 Å². The number of halogens is 2. The van der Waals surface area contributed by atoms with Crippen LogP contribution in [0.4, 0.5) is 13.6 Å². The highest BCUT2D eigenvalue weighted by Gasteiger charge is 2.21. The largest absolute Gasteiger partial charge is 0.442 e. The van der Waals surface area contributed by atoms with Gasteiger partial charge in [-0.05, 0) is 42.2 Å². The Morgan fingerprint density at radius 1 is 1.20 bits per heavy atom. The van der Waals surface area contributed by atoms with Crippen molar-refractivity contribution in [1.29, 1.82) is 0 Å². The second-order valence-corrected chi connectivity index (χ2v) is 8.01. The molecule has 3 aromatic rings. The minimum Gasteiger partial charge on any atom is -0.442 e. The van der Waals surface area contributed by atoms with Gasteiger partial charge in [-0.2, -0.15) is 0 Å². The molecule has 0 radical (unpaired) electrons. The van der Waals surface area contributed by atoms with E-state index in [0.29, 0.717) is 23.7 Å². The molecule has 2 heterocycles. The summed E-state index contributed by atoms with van der Waals surface area (Å²) < 4.78 is 34.3. The lowest BCUT2D eigenvalue weighted by Crippen LogP contribution is -2.16. The maximum Gasteiger partial charge on any atom is 0.404 e.